The number of hydrogen-bond acceptors (Lipinski definition) is 2. The van der Waals surface area contributed by atoms with Gasteiger partial charge in [0.1, 0.15) is 0 Å². The Morgan fingerprint density at radius 1 is 1.69 bits per heavy atom. The van der Waals surface area contributed by atoms with E-state index in [9.17, 15) is 0 Å². The van der Waals surface area contributed by atoms with Crippen molar-refractivity contribution < 1.29 is 0 Å². The SMILES string of the molecule is CC(N)Cc1cnn(C2CCC2)c1. The Morgan fingerprint density at radius 3 is 3.00 bits per heavy atom. The molecule has 0 spiro atoms. The van der Waals surface area contributed by atoms with Gasteiger partial charge in [0.2, 0.25) is 0 Å². The maximum atomic E-state index is 5.72. The van der Waals surface area contributed by atoms with Crippen molar-refractivity contribution in [2.75, 3.05) is 0 Å². The van der Waals surface area contributed by atoms with Crippen LogP contribution < -0.4 is 5.73 Å². The minimum atomic E-state index is 0.235. The summed E-state index contributed by atoms with van der Waals surface area (Å²) in [5.74, 6) is 0. The monoisotopic (exact) mass is 179 g/mol. The Morgan fingerprint density at radius 2 is 2.46 bits per heavy atom. The van der Waals surface area contributed by atoms with Crippen LogP contribution >= 0.6 is 0 Å². The molecule has 0 saturated heterocycles. The van der Waals surface area contributed by atoms with Crippen molar-refractivity contribution in [2.45, 2.75) is 44.7 Å². The van der Waals surface area contributed by atoms with E-state index in [1.807, 2.05) is 13.1 Å². The van der Waals surface area contributed by atoms with Crippen molar-refractivity contribution in [1.29, 1.82) is 0 Å². The molecule has 0 amide bonds. The summed E-state index contributed by atoms with van der Waals surface area (Å²) >= 11 is 0. The molecule has 2 N–H and O–H groups in total. The molecule has 1 aromatic heterocycles. The van der Waals surface area contributed by atoms with Gasteiger partial charge in [0, 0.05) is 12.2 Å². The fraction of sp³-hybridized carbons (Fsp3) is 0.700. The summed E-state index contributed by atoms with van der Waals surface area (Å²) in [5.41, 5.74) is 6.98. The molecule has 3 heteroatoms. The molecule has 2 rings (SSSR count). The largest absolute Gasteiger partial charge is 0.328 e. The van der Waals surface area contributed by atoms with E-state index in [-0.39, 0.29) is 6.04 Å². The van der Waals surface area contributed by atoms with Crippen LogP contribution in [0.25, 0.3) is 0 Å². The minimum absolute atomic E-state index is 0.235. The van der Waals surface area contributed by atoms with Crippen LogP contribution in [-0.4, -0.2) is 15.8 Å². The molecule has 13 heavy (non-hydrogen) atoms. The van der Waals surface area contributed by atoms with Crippen LogP contribution in [0.3, 0.4) is 0 Å². The molecule has 0 aliphatic heterocycles. The first-order valence-corrected chi connectivity index (χ1v) is 5.04. The standard InChI is InChI=1S/C10H17N3/c1-8(11)5-9-6-12-13(7-9)10-3-2-4-10/h6-8,10H,2-5,11H2,1H3. The fourth-order valence-corrected chi connectivity index (χ4v) is 1.71. The lowest BCUT2D eigenvalue weighted by Crippen LogP contribution is -2.18. The number of nitrogens with two attached hydrogens (primary N) is 1. The molecule has 0 bridgehead atoms. The van der Waals surface area contributed by atoms with Crippen LogP contribution in [-0.2, 0) is 6.42 Å². The van der Waals surface area contributed by atoms with Gasteiger partial charge in [-0.15, -0.1) is 0 Å². The Labute approximate surface area is 78.9 Å². The zero-order valence-corrected chi connectivity index (χ0v) is 8.11. The van der Waals surface area contributed by atoms with Gasteiger partial charge in [0.25, 0.3) is 0 Å². The topological polar surface area (TPSA) is 43.8 Å². The summed E-state index contributed by atoms with van der Waals surface area (Å²) in [6.07, 6.45) is 8.97. The molecule has 72 valence electrons. The summed E-state index contributed by atoms with van der Waals surface area (Å²) in [4.78, 5) is 0. The van der Waals surface area contributed by atoms with Gasteiger partial charge in [-0.1, -0.05) is 0 Å². The summed E-state index contributed by atoms with van der Waals surface area (Å²) in [6, 6.07) is 0.904. The second-order valence-electron chi connectivity index (χ2n) is 4.09. The van der Waals surface area contributed by atoms with Gasteiger partial charge in [-0.25, -0.2) is 0 Å². The lowest BCUT2D eigenvalue weighted by molar-refractivity contribution is 0.289. The first-order valence-electron chi connectivity index (χ1n) is 5.04. The zero-order chi connectivity index (χ0) is 9.26. The van der Waals surface area contributed by atoms with Crippen LogP contribution in [0.15, 0.2) is 12.4 Å². The molecular formula is C10H17N3. The molecular weight excluding hydrogens is 162 g/mol. The molecule has 3 nitrogen and oxygen atoms in total. The van der Waals surface area contributed by atoms with Gasteiger partial charge in [0.05, 0.1) is 12.2 Å². The van der Waals surface area contributed by atoms with Gasteiger partial charge >= 0.3 is 0 Å². The minimum Gasteiger partial charge on any atom is -0.328 e. The Balaban J connectivity index is 2.00. The molecule has 0 aromatic carbocycles. The highest BCUT2D eigenvalue weighted by Gasteiger charge is 2.19. The van der Waals surface area contributed by atoms with Crippen LogP contribution in [0.2, 0.25) is 0 Å². The van der Waals surface area contributed by atoms with Crippen molar-refractivity contribution in [1.82, 2.24) is 9.78 Å². The van der Waals surface area contributed by atoms with Crippen LogP contribution in [0.4, 0.5) is 0 Å². The highest BCUT2D eigenvalue weighted by atomic mass is 15.3. The van der Waals surface area contributed by atoms with Crippen molar-refractivity contribution in [3.8, 4) is 0 Å². The third-order valence-electron chi connectivity index (χ3n) is 2.66. The van der Waals surface area contributed by atoms with E-state index >= 15 is 0 Å². The molecule has 1 aromatic rings. The van der Waals surface area contributed by atoms with Crippen LogP contribution in [0.1, 0.15) is 37.8 Å². The summed E-state index contributed by atoms with van der Waals surface area (Å²) < 4.78 is 2.10. The van der Waals surface area contributed by atoms with Gasteiger partial charge in [-0.2, -0.15) is 5.10 Å². The average Bonchev–Trinajstić information content (AvgIpc) is 2.31. The second-order valence-corrected chi connectivity index (χ2v) is 4.09. The highest BCUT2D eigenvalue weighted by Crippen LogP contribution is 2.30. The predicted octanol–water partition coefficient (Wildman–Crippen LogP) is 1.50. The molecule has 1 aliphatic rings. The number of rotatable bonds is 3. The molecule has 1 aliphatic carbocycles. The third kappa shape index (κ3) is 1.91. The zero-order valence-electron chi connectivity index (χ0n) is 8.11. The summed E-state index contributed by atoms with van der Waals surface area (Å²) in [6.45, 7) is 2.03. The van der Waals surface area contributed by atoms with Crippen LogP contribution in [0.5, 0.6) is 0 Å². The van der Waals surface area contributed by atoms with Crippen molar-refractivity contribution in [2.24, 2.45) is 5.73 Å². The van der Waals surface area contributed by atoms with E-state index in [2.05, 4.69) is 16.0 Å². The van der Waals surface area contributed by atoms with E-state index in [1.54, 1.807) is 0 Å². The van der Waals surface area contributed by atoms with Crippen molar-refractivity contribution >= 4 is 0 Å². The van der Waals surface area contributed by atoms with Crippen molar-refractivity contribution in [3.05, 3.63) is 18.0 Å². The predicted molar refractivity (Wildman–Crippen MR) is 52.5 cm³/mol. The van der Waals surface area contributed by atoms with Gasteiger partial charge in [-0.3, -0.25) is 4.68 Å². The van der Waals surface area contributed by atoms with Gasteiger partial charge < -0.3 is 5.73 Å². The quantitative estimate of drug-likeness (QED) is 0.764. The molecule has 1 atom stereocenters. The molecule has 1 unspecified atom stereocenters. The average molecular weight is 179 g/mol. The highest BCUT2D eigenvalue weighted by molar-refractivity contribution is 5.06. The van der Waals surface area contributed by atoms with E-state index in [1.165, 1.54) is 24.8 Å². The Bertz CT molecular complexity index is 273. The molecule has 0 radical (unpaired) electrons. The lowest BCUT2D eigenvalue weighted by Gasteiger charge is -2.25. The Kier molecular flexibility index (Phi) is 2.36. The Hall–Kier alpha value is -0.830. The van der Waals surface area contributed by atoms with Gasteiger partial charge in [-0.05, 0) is 38.2 Å². The fourth-order valence-electron chi connectivity index (χ4n) is 1.71. The summed E-state index contributed by atoms with van der Waals surface area (Å²) in [7, 11) is 0. The summed E-state index contributed by atoms with van der Waals surface area (Å²) in [5, 5.41) is 4.35. The lowest BCUT2D eigenvalue weighted by atomic mass is 9.93. The van der Waals surface area contributed by atoms with E-state index < -0.39 is 0 Å². The normalized spacial score (nSPS) is 19.8. The van der Waals surface area contributed by atoms with E-state index in [0.717, 1.165) is 6.42 Å². The van der Waals surface area contributed by atoms with Crippen LogP contribution in [0, 0.1) is 0 Å². The number of aromatic nitrogens is 2. The molecule has 1 saturated carbocycles. The van der Waals surface area contributed by atoms with Crippen molar-refractivity contribution in [3.63, 3.8) is 0 Å². The third-order valence-corrected chi connectivity index (χ3v) is 2.66. The molecule has 1 heterocycles. The smallest absolute Gasteiger partial charge is 0.0522 e. The second kappa shape index (κ2) is 3.50. The van der Waals surface area contributed by atoms with E-state index in [4.69, 9.17) is 5.73 Å². The maximum Gasteiger partial charge on any atom is 0.0522 e. The molecule has 1 fully saturated rings. The maximum absolute atomic E-state index is 5.72. The number of nitrogens with zero attached hydrogens (tertiary/aromatic N) is 2. The van der Waals surface area contributed by atoms with E-state index in [0.29, 0.717) is 6.04 Å². The van der Waals surface area contributed by atoms with Gasteiger partial charge in [0.15, 0.2) is 0 Å². The number of hydrogen-bond donors (Lipinski definition) is 1. The first kappa shape index (κ1) is 8.75. The first-order chi connectivity index (χ1) is 6.25.